The van der Waals surface area contributed by atoms with Gasteiger partial charge in [0.05, 0.1) is 5.52 Å². The summed E-state index contributed by atoms with van der Waals surface area (Å²) in [5.74, 6) is 0. The van der Waals surface area contributed by atoms with Crippen LogP contribution in [0.4, 0.5) is 0 Å². The molecule has 0 radical (unpaired) electrons. The molecule has 0 amide bonds. The molecule has 0 N–H and O–H groups in total. The number of hydrogen-bond acceptors (Lipinski definition) is 1. The molecule has 0 unspecified atom stereocenters. The smallest absolute Gasteiger partial charge is 0.0927 e. The molecule has 2 heteroatoms. The summed E-state index contributed by atoms with van der Waals surface area (Å²) in [6, 6.07) is 8.25. The van der Waals surface area contributed by atoms with Gasteiger partial charge in [-0.05, 0) is 18.9 Å². The van der Waals surface area contributed by atoms with Crippen LogP contribution in [0.25, 0.3) is 16.6 Å². The first kappa shape index (κ1) is 10.9. The summed E-state index contributed by atoms with van der Waals surface area (Å²) in [6.07, 6.45) is 7.68. The van der Waals surface area contributed by atoms with Crippen LogP contribution >= 0.6 is 0 Å². The topological polar surface area (TPSA) is 17.8 Å². The predicted molar refractivity (Wildman–Crippen MR) is 69.2 cm³/mol. The predicted octanol–water partition coefficient (Wildman–Crippen LogP) is 4.09. The third-order valence-corrected chi connectivity index (χ3v) is 2.65. The van der Waals surface area contributed by atoms with Gasteiger partial charge in [-0.25, -0.2) is 4.68 Å². The first-order valence-corrected chi connectivity index (χ1v) is 5.99. The Bertz CT molecular complexity index is 461. The lowest BCUT2D eigenvalue weighted by Crippen LogP contribution is -1.97. The Labute approximate surface area is 96.6 Å². The molecule has 16 heavy (non-hydrogen) atoms. The van der Waals surface area contributed by atoms with Crippen LogP contribution in [0, 0.1) is 0 Å². The van der Waals surface area contributed by atoms with E-state index in [1.54, 1.807) is 0 Å². The molecule has 0 aliphatic heterocycles. The van der Waals surface area contributed by atoms with Crippen molar-refractivity contribution in [2.24, 2.45) is 0 Å². The fraction of sp³-hybridized carbons (Fsp3) is 0.357. The first-order valence-electron chi connectivity index (χ1n) is 5.99. The Kier molecular flexibility index (Phi) is 3.40. The Balaban J connectivity index is 2.41. The molecule has 2 rings (SSSR count). The molecule has 2 nitrogen and oxygen atoms in total. The van der Waals surface area contributed by atoms with Crippen molar-refractivity contribution in [2.75, 3.05) is 0 Å². The molecular formula is C14H18N2. The molecule has 0 saturated heterocycles. The van der Waals surface area contributed by atoms with E-state index in [2.05, 4.69) is 49.4 Å². The molecule has 0 bridgehead atoms. The summed E-state index contributed by atoms with van der Waals surface area (Å²) in [7, 11) is 0. The zero-order chi connectivity index (χ0) is 11.4. The summed E-state index contributed by atoms with van der Waals surface area (Å²) in [4.78, 5) is 0. The Hall–Kier alpha value is -1.57. The number of hydrogen-bond donors (Lipinski definition) is 0. The largest absolute Gasteiger partial charge is 0.244 e. The van der Waals surface area contributed by atoms with Gasteiger partial charge in [0, 0.05) is 17.3 Å². The van der Waals surface area contributed by atoms with E-state index >= 15 is 0 Å². The van der Waals surface area contributed by atoms with Gasteiger partial charge in [-0.2, -0.15) is 5.10 Å². The lowest BCUT2D eigenvalue weighted by Gasteiger charge is -2.05. The molecule has 0 aliphatic carbocycles. The maximum Gasteiger partial charge on any atom is 0.0927 e. The molecular weight excluding hydrogens is 196 g/mol. The highest BCUT2D eigenvalue weighted by atomic mass is 15.3. The van der Waals surface area contributed by atoms with Crippen LogP contribution in [0.3, 0.4) is 0 Å². The van der Waals surface area contributed by atoms with Crippen LogP contribution < -0.4 is 0 Å². The first-order chi connectivity index (χ1) is 7.85. The van der Waals surface area contributed by atoms with E-state index in [-0.39, 0.29) is 0 Å². The molecule has 0 fully saturated rings. The summed E-state index contributed by atoms with van der Waals surface area (Å²) in [5.41, 5.74) is 2.38. The van der Waals surface area contributed by atoms with Gasteiger partial charge < -0.3 is 0 Å². The van der Waals surface area contributed by atoms with Crippen LogP contribution in [0.2, 0.25) is 0 Å². The normalized spacial score (nSPS) is 12.2. The average molecular weight is 214 g/mol. The molecule has 1 aromatic heterocycles. The maximum absolute atomic E-state index is 4.60. The average Bonchev–Trinajstić information content (AvgIpc) is 2.72. The number of allylic oxidation sites excluding steroid dienone is 2. The lowest BCUT2D eigenvalue weighted by molar-refractivity contribution is 0.827. The van der Waals surface area contributed by atoms with Gasteiger partial charge in [0.2, 0.25) is 0 Å². The van der Waals surface area contributed by atoms with Crippen LogP contribution in [0.5, 0.6) is 0 Å². The Morgan fingerprint density at radius 3 is 2.81 bits per heavy atom. The van der Waals surface area contributed by atoms with Crippen molar-refractivity contribution in [1.29, 1.82) is 0 Å². The van der Waals surface area contributed by atoms with E-state index in [0.717, 1.165) is 24.8 Å². The van der Waals surface area contributed by atoms with Gasteiger partial charge in [-0.15, -0.1) is 0 Å². The highest BCUT2D eigenvalue weighted by molar-refractivity contribution is 5.78. The summed E-state index contributed by atoms with van der Waals surface area (Å²) >= 11 is 0. The number of aromatic nitrogens is 2. The van der Waals surface area contributed by atoms with E-state index in [4.69, 9.17) is 0 Å². The van der Waals surface area contributed by atoms with Crippen molar-refractivity contribution in [3.05, 3.63) is 36.5 Å². The second-order valence-electron chi connectivity index (χ2n) is 3.99. The molecule has 0 atom stereocenters. The van der Waals surface area contributed by atoms with Gasteiger partial charge in [0.1, 0.15) is 0 Å². The zero-order valence-corrected chi connectivity index (χ0v) is 9.98. The molecule has 0 saturated carbocycles. The van der Waals surface area contributed by atoms with Crippen molar-refractivity contribution in [2.45, 2.75) is 33.1 Å². The molecule has 0 aliphatic rings. The molecule has 84 valence electrons. The standard InChI is InChI=1S/C14H18N2/c1-3-7-13(8-4-2)16-11-12-9-5-6-10-14(12)15-16/h5-7,9-11H,3-4,8H2,1-2H3/b13-7+. The van der Waals surface area contributed by atoms with E-state index < -0.39 is 0 Å². The maximum atomic E-state index is 4.60. The quantitative estimate of drug-likeness (QED) is 0.749. The van der Waals surface area contributed by atoms with Gasteiger partial charge in [-0.1, -0.05) is 44.5 Å². The second kappa shape index (κ2) is 4.97. The third-order valence-electron chi connectivity index (χ3n) is 2.65. The van der Waals surface area contributed by atoms with Gasteiger partial charge in [0.25, 0.3) is 0 Å². The van der Waals surface area contributed by atoms with Crippen molar-refractivity contribution >= 4 is 16.6 Å². The Morgan fingerprint density at radius 1 is 1.31 bits per heavy atom. The van der Waals surface area contributed by atoms with E-state index in [0.29, 0.717) is 0 Å². The second-order valence-corrected chi connectivity index (χ2v) is 3.99. The minimum atomic E-state index is 1.06. The van der Waals surface area contributed by atoms with Crippen LogP contribution in [-0.2, 0) is 0 Å². The summed E-state index contributed by atoms with van der Waals surface area (Å²) in [5, 5.41) is 5.81. The number of fused-ring (bicyclic) bond motifs is 1. The number of rotatable bonds is 4. The minimum absolute atomic E-state index is 1.06. The van der Waals surface area contributed by atoms with Crippen LogP contribution in [0.15, 0.2) is 36.5 Å². The van der Waals surface area contributed by atoms with Gasteiger partial charge in [0.15, 0.2) is 0 Å². The van der Waals surface area contributed by atoms with Crippen molar-refractivity contribution in [1.82, 2.24) is 9.78 Å². The lowest BCUT2D eigenvalue weighted by atomic mass is 10.2. The fourth-order valence-electron chi connectivity index (χ4n) is 1.91. The zero-order valence-electron chi connectivity index (χ0n) is 9.98. The summed E-state index contributed by atoms with van der Waals surface area (Å²) < 4.78 is 2.03. The fourth-order valence-corrected chi connectivity index (χ4v) is 1.91. The molecule has 0 spiro atoms. The Morgan fingerprint density at radius 2 is 2.12 bits per heavy atom. The number of nitrogens with zero attached hydrogens (tertiary/aromatic N) is 2. The number of benzene rings is 1. The highest BCUT2D eigenvalue weighted by Crippen LogP contribution is 2.17. The van der Waals surface area contributed by atoms with Crippen molar-refractivity contribution in [3.63, 3.8) is 0 Å². The van der Waals surface area contributed by atoms with Crippen LogP contribution in [0.1, 0.15) is 33.1 Å². The van der Waals surface area contributed by atoms with E-state index in [1.807, 2.05) is 10.7 Å². The molecule has 1 aromatic carbocycles. The van der Waals surface area contributed by atoms with Gasteiger partial charge in [-0.3, -0.25) is 0 Å². The van der Waals surface area contributed by atoms with Gasteiger partial charge >= 0.3 is 0 Å². The minimum Gasteiger partial charge on any atom is -0.244 e. The van der Waals surface area contributed by atoms with Crippen molar-refractivity contribution < 1.29 is 0 Å². The van der Waals surface area contributed by atoms with E-state index in [1.165, 1.54) is 11.1 Å². The highest BCUT2D eigenvalue weighted by Gasteiger charge is 2.03. The molecule has 1 heterocycles. The summed E-state index contributed by atoms with van der Waals surface area (Å²) in [6.45, 7) is 4.37. The van der Waals surface area contributed by atoms with E-state index in [9.17, 15) is 0 Å². The monoisotopic (exact) mass is 214 g/mol. The molecule has 2 aromatic rings. The van der Waals surface area contributed by atoms with Crippen molar-refractivity contribution in [3.8, 4) is 0 Å². The van der Waals surface area contributed by atoms with Crippen LogP contribution in [-0.4, -0.2) is 9.78 Å². The third kappa shape index (κ3) is 2.16. The SMILES string of the molecule is CC/C=C(\CCC)n1cc2ccccc2n1.